The molecule has 0 N–H and O–H groups in total. The zero-order valence-corrected chi connectivity index (χ0v) is 17.5. The van der Waals surface area contributed by atoms with Crippen LogP contribution < -0.4 is 0 Å². The van der Waals surface area contributed by atoms with Gasteiger partial charge in [-0.25, -0.2) is 4.98 Å². The first-order valence-corrected chi connectivity index (χ1v) is 11.7. The second kappa shape index (κ2) is 7.94. The lowest BCUT2D eigenvalue weighted by Crippen LogP contribution is -2.29. The topological polar surface area (TPSA) is 79.7 Å². The van der Waals surface area contributed by atoms with Crippen molar-refractivity contribution < 1.29 is 13.2 Å². The number of carbonyl (C=O) groups excluding carboxylic acids is 1. The van der Waals surface area contributed by atoms with E-state index >= 15 is 0 Å². The summed E-state index contributed by atoms with van der Waals surface area (Å²) in [4.78, 5) is 19.0. The van der Waals surface area contributed by atoms with E-state index in [4.69, 9.17) is 0 Å². The van der Waals surface area contributed by atoms with Gasteiger partial charge in [0.05, 0.1) is 16.1 Å². The molecule has 2 aromatic heterocycles. The van der Waals surface area contributed by atoms with Crippen molar-refractivity contribution in [3.8, 4) is 0 Å². The van der Waals surface area contributed by atoms with E-state index in [0.29, 0.717) is 10.6 Å². The molecule has 0 aliphatic carbocycles. The number of para-hydroxylation sites is 1. The smallest absolute Gasteiger partial charge is 0.282 e. The van der Waals surface area contributed by atoms with Crippen LogP contribution >= 0.6 is 23.1 Å². The molecule has 1 amide bonds. The summed E-state index contributed by atoms with van der Waals surface area (Å²) in [7, 11) is -3.89. The van der Waals surface area contributed by atoms with Crippen LogP contribution in [0, 0.1) is 0 Å². The van der Waals surface area contributed by atoms with Crippen molar-refractivity contribution >= 4 is 61.2 Å². The van der Waals surface area contributed by atoms with E-state index in [1.54, 1.807) is 17.5 Å². The number of nitrogens with zero attached hydrogens (tertiary/aromatic N) is 3. The van der Waals surface area contributed by atoms with Crippen LogP contribution in [0.25, 0.3) is 17.0 Å². The molecule has 1 aliphatic rings. The Balaban J connectivity index is 1.72. The van der Waals surface area contributed by atoms with Crippen LogP contribution in [0.4, 0.5) is 0 Å². The van der Waals surface area contributed by atoms with Gasteiger partial charge in [0, 0.05) is 11.9 Å². The fraction of sp³-hybridized carbons (Fsp3) is 0.0500. The number of sulfonamides is 1. The fourth-order valence-electron chi connectivity index (χ4n) is 2.72. The van der Waals surface area contributed by atoms with E-state index in [1.165, 1.54) is 17.0 Å². The molecule has 0 bridgehead atoms. The summed E-state index contributed by atoms with van der Waals surface area (Å²) >= 11 is 2.10. The van der Waals surface area contributed by atoms with Crippen molar-refractivity contribution in [1.29, 1.82) is 0 Å². The summed E-state index contributed by atoms with van der Waals surface area (Å²) in [6, 6.07) is 14.6. The first-order valence-electron chi connectivity index (χ1n) is 8.54. The molecule has 3 heterocycles. The van der Waals surface area contributed by atoms with E-state index < -0.39 is 10.0 Å². The Hall–Kier alpha value is -2.75. The highest BCUT2D eigenvalue weighted by Crippen LogP contribution is 2.34. The van der Waals surface area contributed by atoms with Gasteiger partial charge >= 0.3 is 0 Å². The summed E-state index contributed by atoms with van der Waals surface area (Å²) in [5.74, 6) is -0.329. The number of pyridine rings is 1. The van der Waals surface area contributed by atoms with Crippen molar-refractivity contribution in [2.75, 3.05) is 6.54 Å². The number of carbonyl (C=O) groups is 1. The third-order valence-corrected chi connectivity index (χ3v) is 7.81. The summed E-state index contributed by atoms with van der Waals surface area (Å²) in [5.41, 5.74) is 1.43. The highest BCUT2D eigenvalue weighted by atomic mass is 32.2. The molecule has 1 saturated heterocycles. The summed E-state index contributed by atoms with van der Waals surface area (Å²) in [6.07, 6.45) is 3.18. The molecule has 3 aromatic rings. The zero-order chi connectivity index (χ0) is 20.4. The average Bonchev–Trinajstić information content (AvgIpc) is 3.34. The fourth-order valence-corrected chi connectivity index (χ4v) is 5.86. The van der Waals surface area contributed by atoms with E-state index in [2.05, 4.69) is 16.0 Å². The van der Waals surface area contributed by atoms with Gasteiger partial charge in [0.15, 0.2) is 5.17 Å². The maximum atomic E-state index is 12.8. The number of fused-ring (bicyclic) bond motifs is 1. The molecule has 4 rings (SSSR count). The second-order valence-electron chi connectivity index (χ2n) is 6.02. The lowest BCUT2D eigenvalue weighted by Gasteiger charge is -2.12. The number of hydrogen-bond acceptors (Lipinski definition) is 6. The van der Waals surface area contributed by atoms with E-state index in [9.17, 15) is 13.2 Å². The number of thioether (sulfide) groups is 1. The Labute approximate surface area is 176 Å². The zero-order valence-electron chi connectivity index (χ0n) is 15.1. The number of amides is 1. The van der Waals surface area contributed by atoms with Crippen molar-refractivity contribution in [1.82, 2.24) is 9.88 Å². The normalized spacial score (nSPS) is 17.5. The van der Waals surface area contributed by atoms with Crippen molar-refractivity contribution in [2.24, 2.45) is 4.40 Å². The maximum absolute atomic E-state index is 12.8. The van der Waals surface area contributed by atoms with Crippen LogP contribution in [0.15, 0.2) is 80.1 Å². The molecule has 29 heavy (non-hydrogen) atoms. The van der Waals surface area contributed by atoms with Gasteiger partial charge in [-0.15, -0.1) is 22.3 Å². The van der Waals surface area contributed by atoms with E-state index in [1.807, 2.05) is 36.4 Å². The number of benzene rings is 1. The minimum atomic E-state index is -3.89. The Bertz CT molecular complexity index is 1260. The molecule has 0 spiro atoms. The van der Waals surface area contributed by atoms with Gasteiger partial charge in [-0.1, -0.05) is 36.4 Å². The minimum Gasteiger partial charge on any atom is -0.282 e. The first kappa shape index (κ1) is 19.6. The number of rotatable bonds is 5. The first-order chi connectivity index (χ1) is 14.0. The third kappa shape index (κ3) is 4.02. The highest BCUT2D eigenvalue weighted by molar-refractivity contribution is 8.19. The molecular formula is C20H15N3O3S3. The SMILES string of the molecule is C=CCN1C(=O)/C(=C\c2ccc3ccccc3n2)SC1=NS(=O)(=O)c1cccs1. The van der Waals surface area contributed by atoms with E-state index in [0.717, 1.165) is 34.0 Å². The molecule has 6 nitrogen and oxygen atoms in total. The molecule has 0 unspecified atom stereocenters. The molecule has 1 aliphatic heterocycles. The molecule has 146 valence electrons. The monoisotopic (exact) mass is 441 g/mol. The predicted molar refractivity (Wildman–Crippen MR) is 118 cm³/mol. The lowest BCUT2D eigenvalue weighted by molar-refractivity contribution is -0.121. The number of hydrogen-bond donors (Lipinski definition) is 0. The van der Waals surface area contributed by atoms with Crippen molar-refractivity contribution in [3.63, 3.8) is 0 Å². The van der Waals surface area contributed by atoms with Gasteiger partial charge in [0.25, 0.3) is 15.9 Å². The van der Waals surface area contributed by atoms with E-state index in [-0.39, 0.29) is 21.8 Å². The maximum Gasteiger partial charge on any atom is 0.294 e. The number of aromatic nitrogens is 1. The van der Waals surface area contributed by atoms with Crippen LogP contribution in [0.2, 0.25) is 0 Å². The molecule has 1 aromatic carbocycles. The summed E-state index contributed by atoms with van der Waals surface area (Å²) in [5, 5.41) is 2.77. The Kier molecular flexibility index (Phi) is 5.35. The lowest BCUT2D eigenvalue weighted by atomic mass is 10.2. The van der Waals surface area contributed by atoms with Gasteiger partial charge < -0.3 is 0 Å². The van der Waals surface area contributed by atoms with Crippen LogP contribution in [0.3, 0.4) is 0 Å². The molecular weight excluding hydrogens is 426 g/mol. The largest absolute Gasteiger partial charge is 0.294 e. The van der Waals surface area contributed by atoms with Gasteiger partial charge in [0.1, 0.15) is 4.21 Å². The van der Waals surface area contributed by atoms with Crippen molar-refractivity contribution in [2.45, 2.75) is 4.21 Å². The Morgan fingerprint density at radius 3 is 2.72 bits per heavy atom. The molecule has 0 radical (unpaired) electrons. The third-order valence-electron chi connectivity index (χ3n) is 4.05. The predicted octanol–water partition coefficient (Wildman–Crippen LogP) is 4.14. The summed E-state index contributed by atoms with van der Waals surface area (Å²) in [6.45, 7) is 3.81. The van der Waals surface area contributed by atoms with Crippen LogP contribution in [0.5, 0.6) is 0 Å². The minimum absolute atomic E-state index is 0.107. The standard InChI is InChI=1S/C20H15N3O3S3/c1-2-11-23-19(24)17(13-15-10-9-14-6-3-4-7-16(14)21-15)28-20(23)22-29(25,26)18-8-5-12-27-18/h2-10,12-13H,1,11H2/b17-13+,22-20?. The Morgan fingerprint density at radius 1 is 1.14 bits per heavy atom. The quantitative estimate of drug-likeness (QED) is 0.439. The second-order valence-corrected chi connectivity index (χ2v) is 9.81. The van der Waals surface area contributed by atoms with Gasteiger partial charge in [0.2, 0.25) is 0 Å². The van der Waals surface area contributed by atoms with Gasteiger partial charge in [-0.05, 0) is 41.4 Å². The highest BCUT2D eigenvalue weighted by Gasteiger charge is 2.34. The number of thiophene rings is 1. The molecule has 9 heteroatoms. The van der Waals surface area contributed by atoms with Crippen LogP contribution in [-0.4, -0.2) is 35.9 Å². The average molecular weight is 442 g/mol. The Morgan fingerprint density at radius 2 is 1.97 bits per heavy atom. The number of amidine groups is 1. The molecule has 0 saturated carbocycles. The van der Waals surface area contributed by atoms with Crippen LogP contribution in [0.1, 0.15) is 5.69 Å². The van der Waals surface area contributed by atoms with Crippen LogP contribution in [-0.2, 0) is 14.8 Å². The molecule has 0 atom stereocenters. The van der Waals surface area contributed by atoms with Gasteiger partial charge in [-0.2, -0.15) is 8.42 Å². The molecule has 1 fully saturated rings. The summed E-state index contributed by atoms with van der Waals surface area (Å²) < 4.78 is 29.1. The van der Waals surface area contributed by atoms with Gasteiger partial charge in [-0.3, -0.25) is 9.69 Å². The van der Waals surface area contributed by atoms with Crippen molar-refractivity contribution in [3.05, 3.63) is 77.2 Å².